The summed E-state index contributed by atoms with van der Waals surface area (Å²) >= 11 is 0. The monoisotopic (exact) mass is 210 g/mol. The molecule has 1 aromatic carbocycles. The highest BCUT2D eigenvalue weighted by atomic mass is 16.5. The van der Waals surface area contributed by atoms with E-state index in [1.807, 2.05) is 25.1 Å². The maximum Gasteiger partial charge on any atom is 0.160 e. The summed E-state index contributed by atoms with van der Waals surface area (Å²) < 4.78 is 10.3. The van der Waals surface area contributed by atoms with Gasteiger partial charge in [0.25, 0.3) is 0 Å². The lowest BCUT2D eigenvalue weighted by atomic mass is 10.1. The third-order valence-corrected chi connectivity index (χ3v) is 2.39. The van der Waals surface area contributed by atoms with Gasteiger partial charge in [-0.2, -0.15) is 0 Å². The second kappa shape index (κ2) is 5.61. The summed E-state index contributed by atoms with van der Waals surface area (Å²) in [5.74, 6) is 1.42. The van der Waals surface area contributed by atoms with E-state index < -0.39 is 0 Å². The molecular weight excluding hydrogens is 192 g/mol. The van der Waals surface area contributed by atoms with Crippen molar-refractivity contribution in [3.05, 3.63) is 23.8 Å². The van der Waals surface area contributed by atoms with E-state index in [2.05, 4.69) is 0 Å². The quantitative estimate of drug-likeness (QED) is 0.808. The highest BCUT2D eigenvalue weighted by Gasteiger charge is 2.07. The Bertz CT molecular complexity index is 310. The molecule has 1 atom stereocenters. The van der Waals surface area contributed by atoms with Gasteiger partial charge < -0.3 is 14.6 Å². The van der Waals surface area contributed by atoms with Crippen LogP contribution in [0.25, 0.3) is 0 Å². The van der Waals surface area contributed by atoms with Crippen LogP contribution >= 0.6 is 0 Å². The highest BCUT2D eigenvalue weighted by molar-refractivity contribution is 5.43. The normalized spacial score (nSPS) is 12.3. The van der Waals surface area contributed by atoms with Gasteiger partial charge in [-0.25, -0.2) is 0 Å². The number of hydrogen-bond acceptors (Lipinski definition) is 3. The van der Waals surface area contributed by atoms with Crippen LogP contribution in [-0.2, 0) is 6.42 Å². The first-order valence-corrected chi connectivity index (χ1v) is 5.10. The van der Waals surface area contributed by atoms with E-state index in [0.717, 1.165) is 12.0 Å². The van der Waals surface area contributed by atoms with Gasteiger partial charge in [-0.3, -0.25) is 0 Å². The minimum absolute atomic E-state index is 0.289. The SMILES string of the molecule is CC[C@@H](O)Cc1ccc(OC)c(OC)c1. The van der Waals surface area contributed by atoms with Gasteiger partial charge in [-0.15, -0.1) is 0 Å². The molecule has 0 aliphatic heterocycles. The summed E-state index contributed by atoms with van der Waals surface area (Å²) in [6.45, 7) is 1.96. The van der Waals surface area contributed by atoms with E-state index in [4.69, 9.17) is 9.47 Å². The number of rotatable bonds is 5. The van der Waals surface area contributed by atoms with Crippen LogP contribution in [-0.4, -0.2) is 25.4 Å². The minimum Gasteiger partial charge on any atom is -0.493 e. The Balaban J connectivity index is 2.83. The predicted octanol–water partition coefficient (Wildman–Crippen LogP) is 2.02. The Kier molecular flexibility index (Phi) is 4.43. The van der Waals surface area contributed by atoms with Crippen LogP contribution in [0.2, 0.25) is 0 Å². The molecule has 3 nitrogen and oxygen atoms in total. The van der Waals surface area contributed by atoms with E-state index in [-0.39, 0.29) is 6.10 Å². The van der Waals surface area contributed by atoms with Gasteiger partial charge in [-0.1, -0.05) is 13.0 Å². The molecule has 0 aromatic heterocycles. The maximum absolute atomic E-state index is 9.53. The molecule has 1 rings (SSSR count). The van der Waals surface area contributed by atoms with Crippen molar-refractivity contribution in [3.63, 3.8) is 0 Å². The molecule has 0 spiro atoms. The zero-order valence-electron chi connectivity index (χ0n) is 9.49. The van der Waals surface area contributed by atoms with Crippen molar-refractivity contribution >= 4 is 0 Å². The summed E-state index contributed by atoms with van der Waals surface area (Å²) in [5.41, 5.74) is 1.06. The van der Waals surface area contributed by atoms with E-state index in [0.29, 0.717) is 17.9 Å². The first-order valence-electron chi connectivity index (χ1n) is 5.10. The Morgan fingerprint density at radius 2 is 1.87 bits per heavy atom. The highest BCUT2D eigenvalue weighted by Crippen LogP contribution is 2.28. The first-order chi connectivity index (χ1) is 7.21. The van der Waals surface area contributed by atoms with Crippen LogP contribution in [0.15, 0.2) is 18.2 Å². The first kappa shape index (κ1) is 11.9. The molecule has 1 aromatic rings. The molecule has 3 heteroatoms. The zero-order valence-corrected chi connectivity index (χ0v) is 9.49. The number of hydrogen-bond donors (Lipinski definition) is 1. The third-order valence-electron chi connectivity index (χ3n) is 2.39. The van der Waals surface area contributed by atoms with Gasteiger partial charge in [0.2, 0.25) is 0 Å². The lowest BCUT2D eigenvalue weighted by molar-refractivity contribution is 0.170. The molecule has 0 heterocycles. The summed E-state index contributed by atoms with van der Waals surface area (Å²) in [4.78, 5) is 0. The lowest BCUT2D eigenvalue weighted by Gasteiger charge is -2.11. The molecule has 0 aliphatic carbocycles. The smallest absolute Gasteiger partial charge is 0.160 e. The molecule has 15 heavy (non-hydrogen) atoms. The molecule has 0 bridgehead atoms. The average Bonchev–Trinajstić information content (AvgIpc) is 2.28. The molecule has 84 valence electrons. The van der Waals surface area contributed by atoms with Crippen LogP contribution in [0.5, 0.6) is 11.5 Å². The minimum atomic E-state index is -0.289. The van der Waals surface area contributed by atoms with Crippen molar-refractivity contribution in [2.45, 2.75) is 25.9 Å². The molecular formula is C12H18O3. The number of aliphatic hydroxyl groups excluding tert-OH is 1. The lowest BCUT2D eigenvalue weighted by Crippen LogP contribution is -2.08. The zero-order chi connectivity index (χ0) is 11.3. The molecule has 0 unspecified atom stereocenters. The van der Waals surface area contributed by atoms with Crippen LogP contribution < -0.4 is 9.47 Å². The average molecular weight is 210 g/mol. The van der Waals surface area contributed by atoms with Crippen molar-refractivity contribution in [2.75, 3.05) is 14.2 Å². The standard InChI is InChI=1S/C12H18O3/c1-4-10(13)7-9-5-6-11(14-2)12(8-9)15-3/h5-6,8,10,13H,4,7H2,1-3H3/t10-/m1/s1. The third kappa shape index (κ3) is 3.13. The van der Waals surface area contributed by atoms with Crippen molar-refractivity contribution in [1.29, 1.82) is 0 Å². The number of aliphatic hydroxyl groups is 1. The molecule has 0 saturated carbocycles. The fourth-order valence-corrected chi connectivity index (χ4v) is 1.42. The summed E-state index contributed by atoms with van der Waals surface area (Å²) in [6, 6.07) is 5.70. The molecule has 0 saturated heterocycles. The van der Waals surface area contributed by atoms with E-state index >= 15 is 0 Å². The predicted molar refractivity (Wildman–Crippen MR) is 59.5 cm³/mol. The van der Waals surface area contributed by atoms with Gasteiger partial charge >= 0.3 is 0 Å². The van der Waals surface area contributed by atoms with Gasteiger partial charge in [0.15, 0.2) is 11.5 Å². The van der Waals surface area contributed by atoms with Gasteiger partial charge in [-0.05, 0) is 30.5 Å². The molecule has 0 amide bonds. The number of methoxy groups -OCH3 is 2. The summed E-state index contributed by atoms with van der Waals surface area (Å²) in [5, 5.41) is 9.53. The molecule has 0 radical (unpaired) electrons. The van der Waals surface area contributed by atoms with E-state index in [1.165, 1.54) is 0 Å². The Hall–Kier alpha value is -1.22. The van der Waals surface area contributed by atoms with Crippen molar-refractivity contribution < 1.29 is 14.6 Å². The molecule has 0 aliphatic rings. The van der Waals surface area contributed by atoms with E-state index in [1.54, 1.807) is 14.2 Å². The van der Waals surface area contributed by atoms with Crippen molar-refractivity contribution in [2.24, 2.45) is 0 Å². The van der Waals surface area contributed by atoms with Crippen LogP contribution in [0, 0.1) is 0 Å². The van der Waals surface area contributed by atoms with Crippen molar-refractivity contribution in [3.8, 4) is 11.5 Å². The maximum atomic E-state index is 9.53. The second-order valence-corrected chi connectivity index (χ2v) is 3.46. The fourth-order valence-electron chi connectivity index (χ4n) is 1.42. The molecule has 1 N–H and O–H groups in total. The number of ether oxygens (including phenoxy) is 2. The molecule has 0 fully saturated rings. The van der Waals surface area contributed by atoms with Gasteiger partial charge in [0.05, 0.1) is 20.3 Å². The Morgan fingerprint density at radius 1 is 1.20 bits per heavy atom. The van der Waals surface area contributed by atoms with E-state index in [9.17, 15) is 5.11 Å². The van der Waals surface area contributed by atoms with Gasteiger partial charge in [0.1, 0.15) is 0 Å². The largest absolute Gasteiger partial charge is 0.493 e. The van der Waals surface area contributed by atoms with Crippen LogP contribution in [0.1, 0.15) is 18.9 Å². The second-order valence-electron chi connectivity index (χ2n) is 3.46. The Morgan fingerprint density at radius 3 is 2.40 bits per heavy atom. The van der Waals surface area contributed by atoms with Crippen molar-refractivity contribution in [1.82, 2.24) is 0 Å². The van der Waals surface area contributed by atoms with Crippen LogP contribution in [0.3, 0.4) is 0 Å². The summed E-state index contributed by atoms with van der Waals surface area (Å²) in [6.07, 6.45) is 1.12. The Labute approximate surface area is 90.6 Å². The van der Waals surface area contributed by atoms with Crippen LogP contribution in [0.4, 0.5) is 0 Å². The summed E-state index contributed by atoms with van der Waals surface area (Å²) in [7, 11) is 3.22. The fraction of sp³-hybridized carbons (Fsp3) is 0.500. The van der Waals surface area contributed by atoms with Gasteiger partial charge in [0, 0.05) is 0 Å². The topological polar surface area (TPSA) is 38.7 Å². The number of benzene rings is 1.